The lowest BCUT2D eigenvalue weighted by Crippen LogP contribution is -2.40. The molecule has 2 heterocycles. The molecule has 34 heavy (non-hydrogen) atoms. The normalized spacial score (nSPS) is 17.4. The molecule has 2 fully saturated rings. The van der Waals surface area contributed by atoms with Crippen LogP contribution in [0.25, 0.3) is 0 Å². The molecule has 0 unspecified atom stereocenters. The van der Waals surface area contributed by atoms with Crippen LogP contribution in [0.5, 0.6) is 5.75 Å². The molecule has 9 nitrogen and oxygen atoms in total. The molecule has 2 aliphatic rings. The fourth-order valence-corrected chi connectivity index (χ4v) is 5.44. The fraction of sp³-hybridized carbons (Fsp3) is 0.458. The van der Waals surface area contributed by atoms with Crippen molar-refractivity contribution in [1.82, 2.24) is 4.31 Å². The van der Waals surface area contributed by atoms with Gasteiger partial charge in [0.25, 0.3) is 5.91 Å². The van der Waals surface area contributed by atoms with Crippen molar-refractivity contribution in [2.45, 2.75) is 18.7 Å². The second-order valence-electron chi connectivity index (χ2n) is 8.33. The summed E-state index contributed by atoms with van der Waals surface area (Å²) in [6.07, 6.45) is 0. The summed E-state index contributed by atoms with van der Waals surface area (Å²) in [5.74, 6) is 0.281. The van der Waals surface area contributed by atoms with Crippen molar-refractivity contribution in [3.05, 3.63) is 47.5 Å². The first-order valence-electron chi connectivity index (χ1n) is 11.4. The molecule has 1 N–H and O–H groups in total. The second kappa shape index (κ2) is 10.7. The Morgan fingerprint density at radius 3 is 2.38 bits per heavy atom. The smallest absolute Gasteiger partial charge is 0.262 e. The van der Waals surface area contributed by atoms with Gasteiger partial charge in [-0.05, 0) is 49.2 Å². The minimum atomic E-state index is -3.71. The summed E-state index contributed by atoms with van der Waals surface area (Å²) in [6.45, 7) is 7.51. The van der Waals surface area contributed by atoms with Gasteiger partial charge in [0, 0.05) is 26.2 Å². The number of anilines is 2. The van der Waals surface area contributed by atoms with E-state index in [1.54, 1.807) is 12.1 Å². The summed E-state index contributed by atoms with van der Waals surface area (Å²) in [6, 6.07) is 10.6. The van der Waals surface area contributed by atoms with Gasteiger partial charge in [-0.3, -0.25) is 4.79 Å². The highest BCUT2D eigenvalue weighted by Gasteiger charge is 2.28. The van der Waals surface area contributed by atoms with Gasteiger partial charge in [-0.25, -0.2) is 8.42 Å². The number of nitrogens with one attached hydrogen (secondary N) is 1. The Morgan fingerprint density at radius 1 is 1.00 bits per heavy atom. The number of nitrogens with zero attached hydrogens (tertiary/aromatic N) is 2. The van der Waals surface area contributed by atoms with Gasteiger partial charge in [-0.2, -0.15) is 4.31 Å². The molecule has 0 saturated carbocycles. The standard InChI is InChI=1S/C24H31N3O6S/c1-18-4-3-5-23(19(18)2)33-17-24(28)25-21-16-20(34(29,30)27-10-14-32-15-11-27)6-7-22(21)26-8-12-31-13-9-26/h3-7,16H,8-15,17H2,1-2H3,(H,25,28). The number of morpholine rings is 2. The number of ether oxygens (including phenoxy) is 3. The third kappa shape index (κ3) is 5.52. The van der Waals surface area contributed by atoms with Crippen molar-refractivity contribution in [2.75, 3.05) is 69.4 Å². The van der Waals surface area contributed by atoms with Gasteiger partial charge in [0.2, 0.25) is 10.0 Å². The number of hydrogen-bond acceptors (Lipinski definition) is 7. The van der Waals surface area contributed by atoms with Crippen molar-refractivity contribution in [3.8, 4) is 5.75 Å². The molecular weight excluding hydrogens is 458 g/mol. The summed E-state index contributed by atoms with van der Waals surface area (Å²) in [5.41, 5.74) is 3.24. The molecular formula is C24H31N3O6S. The second-order valence-corrected chi connectivity index (χ2v) is 10.3. The zero-order valence-corrected chi connectivity index (χ0v) is 20.4. The topological polar surface area (TPSA) is 97.4 Å². The zero-order chi connectivity index (χ0) is 24.1. The molecule has 0 radical (unpaired) electrons. The average molecular weight is 490 g/mol. The molecule has 0 spiro atoms. The average Bonchev–Trinajstić information content (AvgIpc) is 2.86. The number of carbonyl (C=O) groups is 1. The van der Waals surface area contributed by atoms with Crippen LogP contribution >= 0.6 is 0 Å². The lowest BCUT2D eigenvalue weighted by atomic mass is 10.1. The van der Waals surface area contributed by atoms with Crippen LogP contribution in [0, 0.1) is 13.8 Å². The molecule has 0 aromatic heterocycles. The van der Waals surface area contributed by atoms with Crippen LogP contribution < -0.4 is 15.0 Å². The van der Waals surface area contributed by atoms with E-state index in [9.17, 15) is 13.2 Å². The van der Waals surface area contributed by atoms with E-state index in [2.05, 4.69) is 10.2 Å². The fourth-order valence-electron chi connectivity index (χ4n) is 4.00. The number of carbonyl (C=O) groups excluding carboxylic acids is 1. The van der Waals surface area contributed by atoms with E-state index in [0.29, 0.717) is 64.0 Å². The lowest BCUT2D eigenvalue weighted by Gasteiger charge is -2.31. The number of rotatable bonds is 7. The van der Waals surface area contributed by atoms with Gasteiger partial charge in [-0.1, -0.05) is 12.1 Å². The van der Waals surface area contributed by atoms with Gasteiger partial charge in [0.1, 0.15) is 5.75 Å². The van der Waals surface area contributed by atoms with Gasteiger partial charge >= 0.3 is 0 Å². The van der Waals surface area contributed by atoms with E-state index in [0.717, 1.165) is 16.8 Å². The molecule has 2 aromatic rings. The Kier molecular flexibility index (Phi) is 7.72. The predicted molar refractivity (Wildman–Crippen MR) is 129 cm³/mol. The maximum Gasteiger partial charge on any atom is 0.262 e. The van der Waals surface area contributed by atoms with Crippen LogP contribution in [0.15, 0.2) is 41.3 Å². The van der Waals surface area contributed by atoms with E-state index in [1.807, 2.05) is 32.0 Å². The van der Waals surface area contributed by atoms with Crippen LogP contribution in [0.4, 0.5) is 11.4 Å². The van der Waals surface area contributed by atoms with Gasteiger partial charge < -0.3 is 24.4 Å². The van der Waals surface area contributed by atoms with Gasteiger partial charge in [0.05, 0.1) is 42.7 Å². The Morgan fingerprint density at radius 2 is 1.68 bits per heavy atom. The number of amides is 1. The van der Waals surface area contributed by atoms with Crippen molar-refractivity contribution in [2.24, 2.45) is 0 Å². The molecule has 0 bridgehead atoms. The molecule has 1 amide bonds. The highest BCUT2D eigenvalue weighted by Crippen LogP contribution is 2.31. The molecule has 0 aliphatic carbocycles. The molecule has 2 aromatic carbocycles. The Balaban J connectivity index is 1.56. The summed E-state index contributed by atoms with van der Waals surface area (Å²) in [4.78, 5) is 15.0. The number of aryl methyl sites for hydroxylation is 1. The van der Waals surface area contributed by atoms with Crippen LogP contribution in [0.2, 0.25) is 0 Å². The Bertz CT molecular complexity index is 1130. The number of benzene rings is 2. The summed E-state index contributed by atoms with van der Waals surface area (Å²) in [7, 11) is -3.71. The van der Waals surface area contributed by atoms with Crippen LogP contribution in [0.1, 0.15) is 11.1 Å². The van der Waals surface area contributed by atoms with Crippen LogP contribution in [-0.2, 0) is 24.3 Å². The largest absolute Gasteiger partial charge is 0.483 e. The third-order valence-corrected chi connectivity index (χ3v) is 8.01. The summed E-state index contributed by atoms with van der Waals surface area (Å²) < 4.78 is 44.3. The summed E-state index contributed by atoms with van der Waals surface area (Å²) >= 11 is 0. The van der Waals surface area contributed by atoms with E-state index >= 15 is 0 Å². The molecule has 4 rings (SSSR count). The van der Waals surface area contributed by atoms with E-state index in [4.69, 9.17) is 14.2 Å². The van der Waals surface area contributed by atoms with Crippen molar-refractivity contribution >= 4 is 27.3 Å². The first kappa shape index (κ1) is 24.5. The number of sulfonamides is 1. The molecule has 10 heteroatoms. The maximum absolute atomic E-state index is 13.2. The Labute approximate surface area is 200 Å². The van der Waals surface area contributed by atoms with Gasteiger partial charge in [0.15, 0.2) is 6.61 Å². The van der Waals surface area contributed by atoms with Crippen LogP contribution in [-0.4, -0.2) is 77.8 Å². The van der Waals surface area contributed by atoms with Gasteiger partial charge in [-0.15, -0.1) is 0 Å². The SMILES string of the molecule is Cc1cccc(OCC(=O)Nc2cc(S(=O)(=O)N3CCOCC3)ccc2N2CCOCC2)c1C. The first-order valence-corrected chi connectivity index (χ1v) is 12.8. The zero-order valence-electron chi connectivity index (χ0n) is 19.6. The Hall–Kier alpha value is -2.66. The predicted octanol–water partition coefficient (Wildman–Crippen LogP) is 2.18. The van der Waals surface area contributed by atoms with Crippen molar-refractivity contribution in [1.29, 1.82) is 0 Å². The summed E-state index contributed by atoms with van der Waals surface area (Å²) in [5, 5.41) is 2.87. The van der Waals surface area contributed by atoms with E-state index < -0.39 is 10.0 Å². The van der Waals surface area contributed by atoms with Crippen LogP contribution in [0.3, 0.4) is 0 Å². The molecule has 2 saturated heterocycles. The van der Waals surface area contributed by atoms with E-state index in [1.165, 1.54) is 10.4 Å². The first-order chi connectivity index (χ1) is 16.4. The third-order valence-electron chi connectivity index (χ3n) is 6.12. The monoisotopic (exact) mass is 489 g/mol. The highest BCUT2D eigenvalue weighted by atomic mass is 32.2. The highest BCUT2D eigenvalue weighted by molar-refractivity contribution is 7.89. The molecule has 0 atom stereocenters. The van der Waals surface area contributed by atoms with E-state index in [-0.39, 0.29) is 17.4 Å². The van der Waals surface area contributed by atoms with Crippen molar-refractivity contribution < 1.29 is 27.4 Å². The minimum Gasteiger partial charge on any atom is -0.483 e. The molecule has 184 valence electrons. The van der Waals surface area contributed by atoms with Crippen molar-refractivity contribution in [3.63, 3.8) is 0 Å². The lowest BCUT2D eigenvalue weighted by molar-refractivity contribution is -0.118. The number of hydrogen-bond donors (Lipinski definition) is 1. The quantitative estimate of drug-likeness (QED) is 0.637. The minimum absolute atomic E-state index is 0.136. The molecule has 2 aliphatic heterocycles. The maximum atomic E-state index is 13.2.